The Morgan fingerprint density at radius 2 is 1.71 bits per heavy atom. The fourth-order valence-electron chi connectivity index (χ4n) is 2.61. The van der Waals surface area contributed by atoms with Crippen molar-refractivity contribution in [1.82, 2.24) is 5.32 Å². The second-order valence-corrected chi connectivity index (χ2v) is 5.41. The van der Waals surface area contributed by atoms with Crippen LogP contribution in [0.2, 0.25) is 0 Å². The summed E-state index contributed by atoms with van der Waals surface area (Å²) < 4.78 is 0. The van der Waals surface area contributed by atoms with E-state index in [2.05, 4.69) is 19.2 Å². The Kier molecular flexibility index (Phi) is 6.92. The van der Waals surface area contributed by atoms with Crippen LogP contribution in [0.5, 0.6) is 0 Å². The first-order valence-corrected chi connectivity index (χ1v) is 7.56. The summed E-state index contributed by atoms with van der Waals surface area (Å²) >= 11 is 0. The molecule has 1 rings (SSSR count). The summed E-state index contributed by atoms with van der Waals surface area (Å²) in [6, 6.07) is 9.00. The molecule has 0 aliphatic rings. The van der Waals surface area contributed by atoms with Gasteiger partial charge in [-0.2, -0.15) is 0 Å². The smallest absolute Gasteiger partial charge is 0.312 e. The van der Waals surface area contributed by atoms with E-state index in [9.17, 15) is 14.7 Å². The molecule has 0 spiro atoms. The number of carbonyl (C=O) groups is 2. The second kappa shape index (κ2) is 8.45. The van der Waals surface area contributed by atoms with Gasteiger partial charge in [-0.3, -0.25) is 9.59 Å². The minimum Gasteiger partial charge on any atom is -0.481 e. The first kappa shape index (κ1) is 17.2. The summed E-state index contributed by atoms with van der Waals surface area (Å²) in [5.41, 5.74) is 0.709. The maximum atomic E-state index is 12.2. The van der Waals surface area contributed by atoms with E-state index in [1.165, 1.54) is 0 Å². The molecule has 116 valence electrons. The second-order valence-electron chi connectivity index (χ2n) is 5.41. The van der Waals surface area contributed by atoms with E-state index in [4.69, 9.17) is 0 Å². The molecule has 0 aliphatic carbocycles. The summed E-state index contributed by atoms with van der Waals surface area (Å²) in [7, 11) is 0. The van der Waals surface area contributed by atoms with Gasteiger partial charge in [-0.05, 0) is 11.5 Å². The SMILES string of the molecule is CCC(CC)C(C)C(=O)NCC(C(=O)O)c1ccccc1. The third-order valence-electron chi connectivity index (χ3n) is 4.15. The van der Waals surface area contributed by atoms with Gasteiger partial charge in [-0.25, -0.2) is 0 Å². The zero-order valence-electron chi connectivity index (χ0n) is 13.0. The van der Waals surface area contributed by atoms with Crippen LogP contribution in [0.15, 0.2) is 30.3 Å². The highest BCUT2D eigenvalue weighted by Crippen LogP contribution is 2.20. The van der Waals surface area contributed by atoms with Gasteiger partial charge in [0.25, 0.3) is 0 Å². The van der Waals surface area contributed by atoms with Gasteiger partial charge in [0.1, 0.15) is 0 Å². The largest absolute Gasteiger partial charge is 0.481 e. The van der Waals surface area contributed by atoms with Crippen LogP contribution in [-0.2, 0) is 9.59 Å². The molecule has 0 bridgehead atoms. The van der Waals surface area contributed by atoms with E-state index in [1.54, 1.807) is 24.3 Å². The molecule has 2 atom stereocenters. The Labute approximate surface area is 126 Å². The van der Waals surface area contributed by atoms with E-state index in [0.29, 0.717) is 11.5 Å². The van der Waals surface area contributed by atoms with E-state index in [0.717, 1.165) is 12.8 Å². The Hall–Kier alpha value is -1.84. The van der Waals surface area contributed by atoms with Gasteiger partial charge in [-0.15, -0.1) is 0 Å². The van der Waals surface area contributed by atoms with Crippen molar-refractivity contribution in [3.05, 3.63) is 35.9 Å². The Morgan fingerprint density at radius 1 is 1.14 bits per heavy atom. The fraction of sp³-hybridized carbons (Fsp3) is 0.529. The van der Waals surface area contributed by atoms with E-state index >= 15 is 0 Å². The summed E-state index contributed by atoms with van der Waals surface area (Å²) in [6.07, 6.45) is 1.90. The standard InChI is InChI=1S/C17H25NO3/c1-4-13(5-2)12(3)16(19)18-11-15(17(20)21)14-9-7-6-8-10-14/h6-10,12-13,15H,4-5,11H2,1-3H3,(H,18,19)(H,20,21). The molecule has 0 aromatic heterocycles. The van der Waals surface area contributed by atoms with Crippen molar-refractivity contribution < 1.29 is 14.7 Å². The molecule has 1 aromatic carbocycles. The monoisotopic (exact) mass is 291 g/mol. The van der Waals surface area contributed by atoms with Gasteiger partial charge in [0.15, 0.2) is 0 Å². The molecule has 0 saturated heterocycles. The number of nitrogens with one attached hydrogen (secondary N) is 1. The number of carboxylic acid groups (broad SMARTS) is 1. The molecule has 1 aromatic rings. The van der Waals surface area contributed by atoms with Crippen LogP contribution in [0.4, 0.5) is 0 Å². The fourth-order valence-corrected chi connectivity index (χ4v) is 2.61. The molecule has 0 heterocycles. The van der Waals surface area contributed by atoms with Gasteiger partial charge < -0.3 is 10.4 Å². The minimum absolute atomic E-state index is 0.0640. The lowest BCUT2D eigenvalue weighted by Crippen LogP contribution is -2.37. The van der Waals surface area contributed by atoms with Crippen molar-refractivity contribution in [2.24, 2.45) is 11.8 Å². The molecule has 21 heavy (non-hydrogen) atoms. The third kappa shape index (κ3) is 4.88. The molecule has 2 unspecified atom stereocenters. The number of hydrogen-bond donors (Lipinski definition) is 2. The molecular weight excluding hydrogens is 266 g/mol. The number of hydrogen-bond acceptors (Lipinski definition) is 2. The zero-order chi connectivity index (χ0) is 15.8. The number of amides is 1. The molecule has 0 radical (unpaired) electrons. The predicted molar refractivity (Wildman–Crippen MR) is 83.1 cm³/mol. The molecule has 2 N–H and O–H groups in total. The first-order chi connectivity index (χ1) is 10.0. The zero-order valence-corrected chi connectivity index (χ0v) is 13.0. The summed E-state index contributed by atoms with van der Waals surface area (Å²) in [5, 5.41) is 12.1. The molecule has 0 fully saturated rings. The van der Waals surface area contributed by atoms with Crippen LogP contribution in [-0.4, -0.2) is 23.5 Å². The summed E-state index contributed by atoms with van der Waals surface area (Å²) in [4.78, 5) is 23.5. The maximum Gasteiger partial charge on any atom is 0.312 e. The van der Waals surface area contributed by atoms with Crippen molar-refractivity contribution in [2.75, 3.05) is 6.54 Å². The average molecular weight is 291 g/mol. The van der Waals surface area contributed by atoms with Crippen LogP contribution in [0.1, 0.15) is 45.1 Å². The van der Waals surface area contributed by atoms with Gasteiger partial charge in [0, 0.05) is 12.5 Å². The number of benzene rings is 1. The summed E-state index contributed by atoms with van der Waals surface area (Å²) in [6.45, 7) is 6.18. The van der Waals surface area contributed by atoms with Gasteiger partial charge in [0.2, 0.25) is 5.91 Å². The molecular formula is C17H25NO3. The topological polar surface area (TPSA) is 66.4 Å². The molecule has 4 nitrogen and oxygen atoms in total. The van der Waals surface area contributed by atoms with Crippen molar-refractivity contribution >= 4 is 11.9 Å². The van der Waals surface area contributed by atoms with E-state index < -0.39 is 11.9 Å². The van der Waals surface area contributed by atoms with Crippen LogP contribution in [0.3, 0.4) is 0 Å². The minimum atomic E-state index is -0.920. The van der Waals surface area contributed by atoms with Crippen LogP contribution < -0.4 is 5.32 Å². The number of rotatable bonds is 8. The quantitative estimate of drug-likeness (QED) is 0.773. The predicted octanol–water partition coefficient (Wildman–Crippen LogP) is 3.04. The van der Waals surface area contributed by atoms with Crippen LogP contribution in [0.25, 0.3) is 0 Å². The van der Waals surface area contributed by atoms with E-state index in [1.807, 2.05) is 13.0 Å². The molecule has 0 aliphatic heterocycles. The first-order valence-electron chi connectivity index (χ1n) is 7.56. The molecule has 0 saturated carbocycles. The number of carbonyl (C=O) groups excluding carboxylic acids is 1. The molecule has 4 heteroatoms. The van der Waals surface area contributed by atoms with Gasteiger partial charge in [0.05, 0.1) is 5.92 Å². The van der Waals surface area contributed by atoms with Crippen molar-refractivity contribution in [1.29, 1.82) is 0 Å². The number of aliphatic carboxylic acids is 1. The highest BCUT2D eigenvalue weighted by atomic mass is 16.4. The Morgan fingerprint density at radius 3 is 2.19 bits per heavy atom. The van der Waals surface area contributed by atoms with E-state index in [-0.39, 0.29) is 18.4 Å². The van der Waals surface area contributed by atoms with Crippen LogP contribution in [0, 0.1) is 11.8 Å². The third-order valence-corrected chi connectivity index (χ3v) is 4.15. The lowest BCUT2D eigenvalue weighted by molar-refractivity contribution is -0.138. The van der Waals surface area contributed by atoms with Gasteiger partial charge in [-0.1, -0.05) is 63.9 Å². The van der Waals surface area contributed by atoms with Crippen molar-refractivity contribution in [2.45, 2.75) is 39.5 Å². The van der Waals surface area contributed by atoms with Crippen molar-refractivity contribution in [3.63, 3.8) is 0 Å². The highest BCUT2D eigenvalue weighted by Gasteiger charge is 2.24. The maximum absolute atomic E-state index is 12.2. The van der Waals surface area contributed by atoms with Crippen molar-refractivity contribution in [3.8, 4) is 0 Å². The number of carboxylic acids is 1. The van der Waals surface area contributed by atoms with Crippen LogP contribution >= 0.6 is 0 Å². The normalized spacial score (nSPS) is 13.7. The lowest BCUT2D eigenvalue weighted by Gasteiger charge is -2.22. The Bertz CT molecular complexity index is 454. The highest BCUT2D eigenvalue weighted by molar-refractivity contribution is 5.81. The molecule has 1 amide bonds. The van der Waals surface area contributed by atoms with Gasteiger partial charge >= 0.3 is 5.97 Å². The lowest BCUT2D eigenvalue weighted by atomic mass is 9.88. The summed E-state index contributed by atoms with van der Waals surface area (Å²) in [5.74, 6) is -1.44. The average Bonchev–Trinajstić information content (AvgIpc) is 2.49. The Balaban J connectivity index is 2.66.